The Labute approximate surface area is 112 Å². The van der Waals surface area contributed by atoms with Crippen LogP contribution in [-0.4, -0.2) is 41.4 Å². The van der Waals surface area contributed by atoms with Crippen molar-refractivity contribution in [3.05, 3.63) is 17.7 Å². The standard InChI is InChI=1S/C12H17N3O3S/c16-12(13-9-4-6-19(17,18)8-9)10-7-15-5-2-1-3-11(15)14-10/h7,9H,1-6,8H2,(H,13,16). The van der Waals surface area contributed by atoms with E-state index in [-0.39, 0.29) is 23.5 Å². The summed E-state index contributed by atoms with van der Waals surface area (Å²) in [6.45, 7) is 0.910. The molecule has 19 heavy (non-hydrogen) atoms. The molecule has 0 aromatic carbocycles. The zero-order valence-corrected chi connectivity index (χ0v) is 11.4. The van der Waals surface area contributed by atoms with Crippen molar-refractivity contribution in [3.8, 4) is 0 Å². The lowest BCUT2D eigenvalue weighted by Crippen LogP contribution is -2.35. The lowest BCUT2D eigenvalue weighted by molar-refractivity contribution is 0.0936. The van der Waals surface area contributed by atoms with Crippen LogP contribution >= 0.6 is 0 Å². The van der Waals surface area contributed by atoms with Crippen molar-refractivity contribution in [2.24, 2.45) is 0 Å². The second-order valence-electron chi connectivity index (χ2n) is 5.27. The fourth-order valence-corrected chi connectivity index (χ4v) is 4.36. The van der Waals surface area contributed by atoms with Crippen LogP contribution in [0.4, 0.5) is 0 Å². The number of rotatable bonds is 2. The Morgan fingerprint density at radius 3 is 2.95 bits per heavy atom. The van der Waals surface area contributed by atoms with Crippen LogP contribution in [-0.2, 0) is 22.8 Å². The fraction of sp³-hybridized carbons (Fsp3) is 0.667. The average molecular weight is 283 g/mol. The Hall–Kier alpha value is -1.37. The molecule has 7 heteroatoms. The molecule has 1 unspecified atom stereocenters. The molecule has 0 bridgehead atoms. The molecular formula is C12H17N3O3S. The third kappa shape index (κ3) is 2.65. The fourth-order valence-electron chi connectivity index (χ4n) is 2.69. The monoisotopic (exact) mass is 283 g/mol. The first kappa shape index (κ1) is 12.7. The number of carbonyl (C=O) groups excluding carboxylic acids is 1. The molecule has 1 aromatic heterocycles. The zero-order valence-electron chi connectivity index (χ0n) is 10.6. The number of hydrogen-bond donors (Lipinski definition) is 1. The van der Waals surface area contributed by atoms with E-state index in [4.69, 9.17) is 0 Å². The number of aryl methyl sites for hydroxylation is 2. The third-order valence-corrected chi connectivity index (χ3v) is 5.48. The van der Waals surface area contributed by atoms with E-state index in [1.54, 1.807) is 6.20 Å². The molecule has 1 amide bonds. The Morgan fingerprint density at radius 2 is 2.26 bits per heavy atom. The minimum atomic E-state index is -2.97. The van der Waals surface area contributed by atoms with Gasteiger partial charge in [-0.1, -0.05) is 0 Å². The molecule has 0 aliphatic carbocycles. The van der Waals surface area contributed by atoms with Crippen molar-refractivity contribution in [1.29, 1.82) is 0 Å². The lowest BCUT2D eigenvalue weighted by atomic mass is 10.2. The molecule has 1 aromatic rings. The number of aromatic nitrogens is 2. The molecule has 3 rings (SSSR count). The first-order valence-corrected chi connectivity index (χ1v) is 8.43. The molecule has 2 aliphatic rings. The van der Waals surface area contributed by atoms with Crippen LogP contribution < -0.4 is 5.32 Å². The van der Waals surface area contributed by atoms with Gasteiger partial charge < -0.3 is 9.88 Å². The lowest BCUT2D eigenvalue weighted by Gasteiger charge is -2.11. The summed E-state index contributed by atoms with van der Waals surface area (Å²) in [5.41, 5.74) is 0.404. The van der Waals surface area contributed by atoms with Gasteiger partial charge in [0.05, 0.1) is 11.5 Å². The van der Waals surface area contributed by atoms with Gasteiger partial charge in [0.2, 0.25) is 0 Å². The van der Waals surface area contributed by atoms with Crippen LogP contribution in [0, 0.1) is 0 Å². The second-order valence-corrected chi connectivity index (χ2v) is 7.50. The van der Waals surface area contributed by atoms with E-state index in [2.05, 4.69) is 10.3 Å². The van der Waals surface area contributed by atoms with Crippen molar-refractivity contribution in [2.75, 3.05) is 11.5 Å². The van der Waals surface area contributed by atoms with E-state index < -0.39 is 9.84 Å². The number of carbonyl (C=O) groups is 1. The van der Waals surface area contributed by atoms with Crippen molar-refractivity contribution in [1.82, 2.24) is 14.9 Å². The van der Waals surface area contributed by atoms with E-state index in [1.165, 1.54) is 0 Å². The highest BCUT2D eigenvalue weighted by Crippen LogP contribution is 2.16. The summed E-state index contributed by atoms with van der Waals surface area (Å²) < 4.78 is 24.7. The van der Waals surface area contributed by atoms with Crippen LogP contribution in [0.2, 0.25) is 0 Å². The highest BCUT2D eigenvalue weighted by molar-refractivity contribution is 7.91. The number of sulfone groups is 1. The van der Waals surface area contributed by atoms with Gasteiger partial charge in [-0.25, -0.2) is 13.4 Å². The minimum absolute atomic E-state index is 0.0479. The van der Waals surface area contributed by atoms with Crippen molar-refractivity contribution in [2.45, 2.75) is 38.3 Å². The van der Waals surface area contributed by atoms with Gasteiger partial charge in [-0.05, 0) is 19.3 Å². The molecule has 0 radical (unpaired) electrons. The Balaban J connectivity index is 1.69. The molecule has 1 N–H and O–H groups in total. The largest absolute Gasteiger partial charge is 0.347 e. The summed E-state index contributed by atoms with van der Waals surface area (Å²) in [5.74, 6) is 0.906. The number of amides is 1. The van der Waals surface area contributed by atoms with Crippen molar-refractivity contribution >= 4 is 15.7 Å². The summed E-state index contributed by atoms with van der Waals surface area (Å²) >= 11 is 0. The summed E-state index contributed by atoms with van der Waals surface area (Å²) in [6, 6.07) is -0.267. The van der Waals surface area contributed by atoms with Gasteiger partial charge in [0, 0.05) is 25.2 Å². The maximum Gasteiger partial charge on any atom is 0.271 e. The molecule has 104 valence electrons. The van der Waals surface area contributed by atoms with Gasteiger partial charge in [0.1, 0.15) is 11.5 Å². The Bertz CT molecular complexity index is 582. The maximum atomic E-state index is 12.0. The minimum Gasteiger partial charge on any atom is -0.347 e. The smallest absolute Gasteiger partial charge is 0.271 e. The summed E-state index contributed by atoms with van der Waals surface area (Å²) in [4.78, 5) is 16.4. The van der Waals surface area contributed by atoms with E-state index in [1.807, 2.05) is 4.57 Å². The van der Waals surface area contributed by atoms with Crippen LogP contribution in [0.15, 0.2) is 6.20 Å². The van der Waals surface area contributed by atoms with E-state index in [0.29, 0.717) is 12.1 Å². The van der Waals surface area contributed by atoms with Gasteiger partial charge in [0.25, 0.3) is 5.91 Å². The average Bonchev–Trinajstić information content (AvgIpc) is 2.92. The van der Waals surface area contributed by atoms with Gasteiger partial charge in [-0.2, -0.15) is 0 Å². The highest BCUT2D eigenvalue weighted by atomic mass is 32.2. The molecule has 0 saturated carbocycles. The molecule has 1 atom stereocenters. The van der Waals surface area contributed by atoms with Crippen molar-refractivity contribution in [3.63, 3.8) is 0 Å². The van der Waals surface area contributed by atoms with Crippen LogP contribution in [0.1, 0.15) is 35.6 Å². The van der Waals surface area contributed by atoms with E-state index in [0.717, 1.165) is 31.6 Å². The number of fused-ring (bicyclic) bond motifs is 1. The number of nitrogens with zero attached hydrogens (tertiary/aromatic N) is 2. The summed E-state index contributed by atoms with van der Waals surface area (Å²) in [7, 11) is -2.97. The molecule has 6 nitrogen and oxygen atoms in total. The molecule has 1 fully saturated rings. The number of imidazole rings is 1. The number of nitrogens with one attached hydrogen (secondary N) is 1. The Morgan fingerprint density at radius 1 is 1.42 bits per heavy atom. The van der Waals surface area contributed by atoms with Gasteiger partial charge >= 0.3 is 0 Å². The molecule has 2 aliphatic heterocycles. The van der Waals surface area contributed by atoms with E-state index in [9.17, 15) is 13.2 Å². The second kappa shape index (κ2) is 4.63. The first-order valence-electron chi connectivity index (χ1n) is 6.61. The molecule has 3 heterocycles. The quantitative estimate of drug-likeness (QED) is 0.837. The summed E-state index contributed by atoms with van der Waals surface area (Å²) in [5, 5.41) is 2.77. The normalized spacial score (nSPS) is 24.9. The Kier molecular flexibility index (Phi) is 3.08. The van der Waals surface area contributed by atoms with Gasteiger partial charge in [0.15, 0.2) is 9.84 Å². The summed E-state index contributed by atoms with van der Waals surface area (Å²) in [6.07, 6.45) is 5.41. The van der Waals surface area contributed by atoms with Crippen molar-refractivity contribution < 1.29 is 13.2 Å². The van der Waals surface area contributed by atoms with Crippen LogP contribution in [0.3, 0.4) is 0 Å². The SMILES string of the molecule is O=C(NC1CCS(=O)(=O)C1)c1cn2c(n1)CCCC2. The van der Waals surface area contributed by atoms with Gasteiger partial charge in [-0.15, -0.1) is 0 Å². The maximum absolute atomic E-state index is 12.0. The molecule has 0 spiro atoms. The third-order valence-electron chi connectivity index (χ3n) is 3.71. The topological polar surface area (TPSA) is 81.1 Å². The number of hydrogen-bond acceptors (Lipinski definition) is 4. The van der Waals surface area contributed by atoms with Gasteiger partial charge in [-0.3, -0.25) is 4.79 Å². The molecule has 1 saturated heterocycles. The predicted molar refractivity (Wildman–Crippen MR) is 69.7 cm³/mol. The first-order chi connectivity index (χ1) is 9.03. The van der Waals surface area contributed by atoms with E-state index >= 15 is 0 Å². The van der Waals surface area contributed by atoms with Crippen LogP contribution in [0.25, 0.3) is 0 Å². The highest BCUT2D eigenvalue weighted by Gasteiger charge is 2.29. The zero-order chi connectivity index (χ0) is 13.5. The predicted octanol–water partition coefficient (Wildman–Crippen LogP) is 0.136. The van der Waals surface area contributed by atoms with Crippen LogP contribution in [0.5, 0.6) is 0 Å². The molecular weight excluding hydrogens is 266 g/mol.